The summed E-state index contributed by atoms with van der Waals surface area (Å²) >= 11 is 0. The highest BCUT2D eigenvalue weighted by Crippen LogP contribution is 2.24. The molecule has 11 heteroatoms. The Hall–Kier alpha value is -4.54. The molecular formula is C26H24F3N5O3. The monoisotopic (exact) mass is 511 g/mol. The van der Waals surface area contributed by atoms with Crippen LogP contribution in [0.25, 0.3) is 11.5 Å². The van der Waals surface area contributed by atoms with Gasteiger partial charge in [-0.05, 0) is 48.5 Å². The molecule has 2 aromatic heterocycles. The third-order valence-corrected chi connectivity index (χ3v) is 5.87. The van der Waals surface area contributed by atoms with Crippen LogP contribution in [0.1, 0.15) is 10.5 Å². The number of oxazole rings is 1. The smallest absolute Gasteiger partial charge is 0.311 e. The number of piperazine rings is 1. The van der Waals surface area contributed by atoms with E-state index in [4.69, 9.17) is 18.3 Å². The topological polar surface area (TPSA) is 83.7 Å². The zero-order chi connectivity index (χ0) is 26.2. The Labute approximate surface area is 211 Å². The van der Waals surface area contributed by atoms with Crippen molar-refractivity contribution in [1.82, 2.24) is 9.97 Å². The van der Waals surface area contributed by atoms with Crippen LogP contribution in [0.5, 0.6) is 5.75 Å². The van der Waals surface area contributed by atoms with Gasteiger partial charge in [0.15, 0.2) is 0 Å². The Bertz CT molecular complexity index is 1290. The quantitative estimate of drug-likeness (QED) is 0.376. The molecular weight excluding hydrogens is 487 g/mol. The number of carbonyl (C=O) groups excluding carboxylic acids is 1. The highest BCUT2D eigenvalue weighted by Gasteiger charge is 2.22. The molecule has 1 N–H and O–H groups in total. The first-order valence-corrected chi connectivity index (χ1v) is 11.4. The fourth-order valence-corrected chi connectivity index (χ4v) is 3.97. The first kappa shape index (κ1) is 25.5. The Balaban J connectivity index is 0.00000156. The van der Waals surface area contributed by atoms with Gasteiger partial charge in [-0.25, -0.2) is 9.97 Å². The van der Waals surface area contributed by atoms with Crippen LogP contribution in [-0.4, -0.2) is 49.2 Å². The maximum atomic E-state index is 14.2. The van der Waals surface area contributed by atoms with Crippen molar-refractivity contribution in [3.8, 4) is 17.2 Å². The van der Waals surface area contributed by atoms with E-state index < -0.39 is 17.6 Å². The van der Waals surface area contributed by atoms with E-state index in [2.05, 4.69) is 37.2 Å². The minimum absolute atomic E-state index is 0.0514. The van der Waals surface area contributed by atoms with E-state index >= 15 is 0 Å². The molecule has 3 heterocycles. The van der Waals surface area contributed by atoms with Crippen molar-refractivity contribution in [3.05, 3.63) is 84.6 Å². The number of rotatable bonds is 6. The van der Waals surface area contributed by atoms with Gasteiger partial charge in [0.2, 0.25) is 11.6 Å². The molecule has 37 heavy (non-hydrogen) atoms. The summed E-state index contributed by atoms with van der Waals surface area (Å²) in [7, 11) is 1.66. The van der Waals surface area contributed by atoms with Crippen molar-refractivity contribution in [3.63, 3.8) is 0 Å². The van der Waals surface area contributed by atoms with Crippen LogP contribution < -0.4 is 19.9 Å². The molecule has 1 aliphatic heterocycles. The molecule has 0 aliphatic carbocycles. The standard InChI is InChI=1S/C26H24FN5O3.F2/c1-34-21-10-8-20(9-11-21)31-13-15-32(16-14-31)22-12-7-19(17-28-22)29-25(33)23-24(27)35-26(30-23)18-5-3-2-4-6-18;1-2/h2-12,17H,13-16H2,1H3,(H,29,33);. The van der Waals surface area contributed by atoms with Crippen LogP contribution in [0.2, 0.25) is 0 Å². The van der Waals surface area contributed by atoms with Crippen LogP contribution >= 0.6 is 0 Å². The van der Waals surface area contributed by atoms with E-state index in [1.807, 2.05) is 24.3 Å². The summed E-state index contributed by atoms with van der Waals surface area (Å²) in [6, 6.07) is 19.4. The number of ether oxygens (including phenoxy) is 1. The summed E-state index contributed by atoms with van der Waals surface area (Å²) in [6.45, 7) is 3.36. The van der Waals surface area contributed by atoms with Gasteiger partial charge in [-0.1, -0.05) is 18.2 Å². The van der Waals surface area contributed by atoms with Gasteiger partial charge in [-0.2, -0.15) is 4.39 Å². The van der Waals surface area contributed by atoms with Gasteiger partial charge in [0.1, 0.15) is 11.6 Å². The van der Waals surface area contributed by atoms with Crippen molar-refractivity contribution in [2.45, 2.75) is 0 Å². The second kappa shape index (κ2) is 11.9. The van der Waals surface area contributed by atoms with Crippen molar-refractivity contribution < 1.29 is 27.5 Å². The molecule has 1 amide bonds. The second-order valence-electron chi connectivity index (χ2n) is 8.04. The summed E-state index contributed by atoms with van der Waals surface area (Å²) in [4.78, 5) is 25.6. The van der Waals surface area contributed by atoms with Gasteiger partial charge in [0, 0.05) is 46.6 Å². The predicted octanol–water partition coefficient (Wildman–Crippen LogP) is 5.30. The van der Waals surface area contributed by atoms with E-state index in [0.29, 0.717) is 11.3 Å². The number of hydrogen-bond acceptors (Lipinski definition) is 7. The number of methoxy groups -OCH3 is 1. The number of amides is 1. The zero-order valence-corrected chi connectivity index (χ0v) is 19.9. The van der Waals surface area contributed by atoms with Crippen molar-refractivity contribution in [1.29, 1.82) is 0 Å². The minimum Gasteiger partial charge on any atom is -0.497 e. The largest absolute Gasteiger partial charge is 0.497 e. The Morgan fingerprint density at radius 3 is 2.24 bits per heavy atom. The van der Waals surface area contributed by atoms with Crippen molar-refractivity contribution >= 4 is 23.1 Å². The molecule has 4 aromatic rings. The Kier molecular flexibility index (Phi) is 8.24. The molecule has 0 spiro atoms. The molecule has 1 saturated heterocycles. The summed E-state index contributed by atoms with van der Waals surface area (Å²) in [5, 5.41) is 2.63. The van der Waals surface area contributed by atoms with Crippen LogP contribution in [0, 0.1) is 6.01 Å². The Morgan fingerprint density at radius 1 is 0.946 bits per heavy atom. The van der Waals surface area contributed by atoms with Crippen LogP contribution in [0.4, 0.5) is 30.7 Å². The minimum atomic E-state index is -1.03. The van der Waals surface area contributed by atoms with Crippen LogP contribution in [0.15, 0.2) is 77.3 Å². The molecule has 192 valence electrons. The number of pyridine rings is 1. The van der Waals surface area contributed by atoms with Gasteiger partial charge < -0.3 is 24.3 Å². The lowest BCUT2D eigenvalue weighted by molar-refractivity contribution is 0.101. The number of nitrogens with one attached hydrogen (secondary N) is 1. The van der Waals surface area contributed by atoms with Gasteiger partial charge in [0.25, 0.3) is 5.91 Å². The number of aromatic nitrogens is 2. The Morgan fingerprint density at radius 2 is 1.62 bits per heavy atom. The molecule has 5 rings (SSSR count). The third kappa shape index (κ3) is 6.00. The maximum Gasteiger partial charge on any atom is 0.311 e. The van der Waals surface area contributed by atoms with E-state index in [9.17, 15) is 9.18 Å². The number of hydrogen-bond donors (Lipinski definition) is 1. The van der Waals surface area contributed by atoms with Gasteiger partial charge in [-0.3, -0.25) is 4.79 Å². The molecule has 0 atom stereocenters. The van der Waals surface area contributed by atoms with E-state index in [0.717, 1.165) is 43.4 Å². The normalized spacial score (nSPS) is 13.0. The lowest BCUT2D eigenvalue weighted by Gasteiger charge is -2.36. The van der Waals surface area contributed by atoms with E-state index in [1.54, 1.807) is 43.6 Å². The summed E-state index contributed by atoms with van der Waals surface area (Å²) < 4.78 is 40.5. The molecule has 0 unspecified atom stereocenters. The average Bonchev–Trinajstić information content (AvgIpc) is 3.37. The third-order valence-electron chi connectivity index (χ3n) is 5.87. The lowest BCUT2D eigenvalue weighted by Crippen LogP contribution is -2.46. The number of benzene rings is 2. The predicted molar refractivity (Wildman–Crippen MR) is 134 cm³/mol. The zero-order valence-electron chi connectivity index (χ0n) is 19.9. The molecule has 1 fully saturated rings. The average molecular weight is 512 g/mol. The van der Waals surface area contributed by atoms with E-state index in [-0.39, 0.29) is 5.89 Å². The highest BCUT2D eigenvalue weighted by molar-refractivity contribution is 6.03. The number of nitrogens with zero attached hydrogens (tertiary/aromatic N) is 4. The molecule has 8 nitrogen and oxygen atoms in total. The maximum absolute atomic E-state index is 14.2. The van der Waals surface area contributed by atoms with Crippen molar-refractivity contribution in [2.24, 2.45) is 0 Å². The molecule has 2 aromatic carbocycles. The fraction of sp³-hybridized carbons (Fsp3) is 0.192. The van der Waals surface area contributed by atoms with Crippen LogP contribution in [-0.2, 0) is 0 Å². The van der Waals surface area contributed by atoms with Gasteiger partial charge in [0.05, 0.1) is 19.0 Å². The first-order chi connectivity index (χ1) is 18.1. The SMILES string of the molecule is COc1ccc(N2CCN(c3ccc(NC(=O)c4nc(-c5ccccc5)oc4F)cn3)CC2)cc1.FF. The summed E-state index contributed by atoms with van der Waals surface area (Å²) in [6.07, 6.45) is 1.55. The first-order valence-electron chi connectivity index (χ1n) is 11.4. The van der Waals surface area contributed by atoms with E-state index in [1.165, 1.54) is 0 Å². The number of anilines is 3. The number of carbonyl (C=O) groups is 1. The lowest BCUT2D eigenvalue weighted by atomic mass is 10.2. The number of halogens is 3. The molecule has 0 bridgehead atoms. The molecule has 0 radical (unpaired) electrons. The van der Waals surface area contributed by atoms with Crippen molar-refractivity contribution in [2.75, 3.05) is 48.4 Å². The van der Waals surface area contributed by atoms with Crippen LogP contribution in [0.3, 0.4) is 0 Å². The molecule has 1 aliphatic rings. The van der Waals surface area contributed by atoms with Gasteiger partial charge in [-0.15, -0.1) is 0 Å². The summed E-state index contributed by atoms with van der Waals surface area (Å²) in [5.74, 6) is 1.01. The summed E-state index contributed by atoms with van der Waals surface area (Å²) in [5.41, 5.74) is 1.79. The second-order valence-corrected chi connectivity index (χ2v) is 8.04. The fourth-order valence-electron chi connectivity index (χ4n) is 3.97. The van der Waals surface area contributed by atoms with Gasteiger partial charge >= 0.3 is 6.01 Å². The molecule has 0 saturated carbocycles. The highest BCUT2D eigenvalue weighted by atomic mass is 20.0.